The van der Waals surface area contributed by atoms with E-state index in [2.05, 4.69) is 5.32 Å². The van der Waals surface area contributed by atoms with Crippen molar-refractivity contribution < 1.29 is 9.18 Å². The van der Waals surface area contributed by atoms with E-state index in [0.717, 1.165) is 0 Å². The number of halogens is 1. The summed E-state index contributed by atoms with van der Waals surface area (Å²) in [5.41, 5.74) is 5.77. The summed E-state index contributed by atoms with van der Waals surface area (Å²) in [6.45, 7) is 0.685. The van der Waals surface area contributed by atoms with Crippen LogP contribution in [0.25, 0.3) is 0 Å². The van der Waals surface area contributed by atoms with Crippen LogP contribution in [0.5, 0.6) is 0 Å². The standard InChI is InChI=1S/C14H19FN2O/c15-12-8-11(6-7-13(12)16)14(18)17-9-10-4-2-1-3-5-10/h6-8,10H,1-5,9,16H2,(H,17,18). The van der Waals surface area contributed by atoms with Gasteiger partial charge in [0.05, 0.1) is 5.69 Å². The Morgan fingerprint density at radius 3 is 2.72 bits per heavy atom. The zero-order chi connectivity index (χ0) is 13.0. The van der Waals surface area contributed by atoms with Crippen molar-refractivity contribution in [3.8, 4) is 0 Å². The monoisotopic (exact) mass is 250 g/mol. The van der Waals surface area contributed by atoms with Gasteiger partial charge in [-0.2, -0.15) is 0 Å². The molecule has 98 valence electrons. The van der Waals surface area contributed by atoms with Gasteiger partial charge in [-0.15, -0.1) is 0 Å². The predicted molar refractivity (Wildman–Crippen MR) is 69.7 cm³/mol. The van der Waals surface area contributed by atoms with Gasteiger partial charge in [-0.25, -0.2) is 4.39 Å². The van der Waals surface area contributed by atoms with Crippen LogP contribution >= 0.6 is 0 Å². The lowest BCUT2D eigenvalue weighted by Crippen LogP contribution is -2.30. The zero-order valence-corrected chi connectivity index (χ0v) is 10.4. The Bertz CT molecular complexity index is 428. The molecule has 0 heterocycles. The van der Waals surface area contributed by atoms with Crippen molar-refractivity contribution in [1.29, 1.82) is 0 Å². The molecule has 1 aliphatic carbocycles. The van der Waals surface area contributed by atoms with E-state index in [-0.39, 0.29) is 11.6 Å². The number of anilines is 1. The van der Waals surface area contributed by atoms with Gasteiger partial charge in [-0.05, 0) is 37.0 Å². The molecule has 3 N–H and O–H groups in total. The van der Waals surface area contributed by atoms with Crippen LogP contribution in [0.4, 0.5) is 10.1 Å². The minimum atomic E-state index is -0.541. The van der Waals surface area contributed by atoms with Crippen LogP contribution in [-0.4, -0.2) is 12.5 Å². The summed E-state index contributed by atoms with van der Waals surface area (Å²) in [5.74, 6) is -0.193. The van der Waals surface area contributed by atoms with Crippen LogP contribution in [0.15, 0.2) is 18.2 Å². The molecule has 4 heteroatoms. The van der Waals surface area contributed by atoms with Crippen molar-refractivity contribution in [2.24, 2.45) is 5.92 Å². The largest absolute Gasteiger partial charge is 0.396 e. The van der Waals surface area contributed by atoms with E-state index in [9.17, 15) is 9.18 Å². The summed E-state index contributed by atoms with van der Waals surface area (Å²) < 4.78 is 13.2. The summed E-state index contributed by atoms with van der Waals surface area (Å²) in [4.78, 5) is 11.8. The number of benzene rings is 1. The molecule has 1 amide bonds. The van der Waals surface area contributed by atoms with E-state index >= 15 is 0 Å². The maximum atomic E-state index is 13.2. The second-order valence-electron chi connectivity index (χ2n) is 4.95. The molecular weight excluding hydrogens is 231 g/mol. The summed E-state index contributed by atoms with van der Waals surface area (Å²) >= 11 is 0. The van der Waals surface area contributed by atoms with E-state index in [1.165, 1.54) is 44.2 Å². The topological polar surface area (TPSA) is 55.1 Å². The number of hydrogen-bond acceptors (Lipinski definition) is 2. The summed E-state index contributed by atoms with van der Waals surface area (Å²) in [5, 5.41) is 2.87. The van der Waals surface area contributed by atoms with Crippen LogP contribution in [0.1, 0.15) is 42.5 Å². The van der Waals surface area contributed by atoms with Crippen molar-refractivity contribution >= 4 is 11.6 Å². The van der Waals surface area contributed by atoms with Crippen LogP contribution in [-0.2, 0) is 0 Å². The molecule has 0 bridgehead atoms. The van der Waals surface area contributed by atoms with Gasteiger partial charge in [0.2, 0.25) is 0 Å². The molecule has 1 saturated carbocycles. The molecule has 0 aliphatic heterocycles. The lowest BCUT2D eigenvalue weighted by atomic mass is 9.89. The van der Waals surface area contributed by atoms with Crippen molar-refractivity contribution in [2.45, 2.75) is 32.1 Å². The molecule has 0 spiro atoms. The Balaban J connectivity index is 1.88. The van der Waals surface area contributed by atoms with E-state index in [1.54, 1.807) is 6.07 Å². The van der Waals surface area contributed by atoms with Gasteiger partial charge in [0, 0.05) is 12.1 Å². The van der Waals surface area contributed by atoms with Crippen LogP contribution < -0.4 is 11.1 Å². The fourth-order valence-electron chi connectivity index (χ4n) is 2.40. The molecule has 1 aromatic carbocycles. The fourth-order valence-corrected chi connectivity index (χ4v) is 2.40. The second kappa shape index (κ2) is 5.85. The Kier molecular flexibility index (Phi) is 4.18. The second-order valence-corrected chi connectivity index (χ2v) is 4.95. The van der Waals surface area contributed by atoms with Crippen molar-refractivity contribution in [2.75, 3.05) is 12.3 Å². The normalized spacial score (nSPS) is 16.5. The molecule has 0 unspecified atom stereocenters. The first-order chi connectivity index (χ1) is 8.66. The van der Waals surface area contributed by atoms with Crippen LogP contribution in [0.3, 0.4) is 0 Å². The SMILES string of the molecule is Nc1ccc(C(=O)NCC2CCCCC2)cc1F. The number of carbonyl (C=O) groups excluding carboxylic acids is 1. The molecule has 2 rings (SSSR count). The third kappa shape index (κ3) is 3.22. The first kappa shape index (κ1) is 12.9. The van der Waals surface area contributed by atoms with E-state index < -0.39 is 5.82 Å². The van der Waals surface area contributed by atoms with Gasteiger partial charge < -0.3 is 11.1 Å². The summed E-state index contributed by atoms with van der Waals surface area (Å²) in [6.07, 6.45) is 6.15. The van der Waals surface area contributed by atoms with Gasteiger partial charge in [0.1, 0.15) is 5.82 Å². The Hall–Kier alpha value is -1.58. The van der Waals surface area contributed by atoms with Gasteiger partial charge >= 0.3 is 0 Å². The molecule has 0 radical (unpaired) electrons. The Morgan fingerprint density at radius 1 is 1.33 bits per heavy atom. The molecule has 1 fully saturated rings. The van der Waals surface area contributed by atoms with Crippen molar-refractivity contribution in [1.82, 2.24) is 5.32 Å². The number of nitrogen functional groups attached to an aromatic ring is 1. The molecule has 0 atom stereocenters. The minimum absolute atomic E-state index is 0.0684. The predicted octanol–water partition coefficient (Wildman–Crippen LogP) is 2.72. The number of carbonyl (C=O) groups is 1. The first-order valence-electron chi connectivity index (χ1n) is 6.50. The molecule has 1 aromatic rings. The Labute approximate surface area is 107 Å². The average molecular weight is 250 g/mol. The molecule has 1 aliphatic rings. The van der Waals surface area contributed by atoms with Crippen molar-refractivity contribution in [3.05, 3.63) is 29.6 Å². The smallest absolute Gasteiger partial charge is 0.251 e. The lowest BCUT2D eigenvalue weighted by Gasteiger charge is -2.21. The Morgan fingerprint density at radius 2 is 2.06 bits per heavy atom. The highest BCUT2D eigenvalue weighted by Gasteiger charge is 2.15. The van der Waals surface area contributed by atoms with Crippen LogP contribution in [0.2, 0.25) is 0 Å². The lowest BCUT2D eigenvalue weighted by molar-refractivity contribution is 0.0943. The maximum absolute atomic E-state index is 13.2. The van der Waals surface area contributed by atoms with Crippen molar-refractivity contribution in [3.63, 3.8) is 0 Å². The third-order valence-corrected chi connectivity index (χ3v) is 3.54. The summed E-state index contributed by atoms with van der Waals surface area (Å²) in [7, 11) is 0. The molecule has 0 aromatic heterocycles. The average Bonchev–Trinajstić information content (AvgIpc) is 2.40. The van der Waals surface area contributed by atoms with Gasteiger partial charge in [-0.1, -0.05) is 19.3 Å². The highest BCUT2D eigenvalue weighted by atomic mass is 19.1. The summed E-state index contributed by atoms with van der Waals surface area (Å²) in [6, 6.07) is 4.16. The van der Waals surface area contributed by atoms with E-state index in [4.69, 9.17) is 5.73 Å². The molecule has 0 saturated heterocycles. The van der Waals surface area contributed by atoms with E-state index in [0.29, 0.717) is 18.0 Å². The van der Waals surface area contributed by atoms with Gasteiger partial charge in [0.15, 0.2) is 0 Å². The van der Waals surface area contributed by atoms with Gasteiger partial charge in [-0.3, -0.25) is 4.79 Å². The molecular formula is C14H19FN2O. The van der Waals surface area contributed by atoms with Gasteiger partial charge in [0.25, 0.3) is 5.91 Å². The quantitative estimate of drug-likeness (QED) is 0.810. The minimum Gasteiger partial charge on any atom is -0.396 e. The molecule has 3 nitrogen and oxygen atoms in total. The number of amides is 1. The zero-order valence-electron chi connectivity index (χ0n) is 10.4. The number of nitrogens with two attached hydrogens (primary N) is 1. The number of hydrogen-bond donors (Lipinski definition) is 2. The number of rotatable bonds is 3. The molecule has 18 heavy (non-hydrogen) atoms. The number of nitrogens with one attached hydrogen (secondary N) is 1. The maximum Gasteiger partial charge on any atom is 0.251 e. The highest BCUT2D eigenvalue weighted by Crippen LogP contribution is 2.22. The van der Waals surface area contributed by atoms with E-state index in [1.807, 2.05) is 0 Å². The third-order valence-electron chi connectivity index (χ3n) is 3.54. The van der Waals surface area contributed by atoms with Crippen LogP contribution in [0, 0.1) is 11.7 Å². The highest BCUT2D eigenvalue weighted by molar-refractivity contribution is 5.94. The first-order valence-corrected chi connectivity index (χ1v) is 6.50. The fraction of sp³-hybridized carbons (Fsp3) is 0.500.